The maximum absolute atomic E-state index is 12.1. The smallest absolute Gasteiger partial charge is 0.407 e. The minimum Gasteiger partial charge on any atom is -0.508 e. The molecular formula is C28H35N7O3. The molecule has 38 heavy (non-hydrogen) atoms. The highest BCUT2D eigenvalue weighted by atomic mass is 16.6. The van der Waals surface area contributed by atoms with Gasteiger partial charge in [0.05, 0.1) is 0 Å². The van der Waals surface area contributed by atoms with Crippen molar-refractivity contribution < 1.29 is 14.6 Å². The number of hydrogen-bond acceptors (Lipinski definition) is 9. The minimum absolute atomic E-state index is 0.0747. The number of phenols is 1. The van der Waals surface area contributed by atoms with Gasteiger partial charge in [-0.1, -0.05) is 18.2 Å². The third-order valence-electron chi connectivity index (χ3n) is 6.51. The van der Waals surface area contributed by atoms with Crippen LogP contribution in [-0.4, -0.2) is 51.4 Å². The molecule has 5 rings (SSSR count). The van der Waals surface area contributed by atoms with E-state index in [4.69, 9.17) is 19.7 Å². The molecule has 1 saturated heterocycles. The van der Waals surface area contributed by atoms with Crippen LogP contribution >= 0.6 is 0 Å². The molecule has 2 aliphatic rings. The van der Waals surface area contributed by atoms with E-state index in [9.17, 15) is 9.90 Å². The summed E-state index contributed by atoms with van der Waals surface area (Å²) >= 11 is 0. The number of amides is 1. The highest BCUT2D eigenvalue weighted by Gasteiger charge is 2.24. The topological polar surface area (TPSA) is 116 Å². The Morgan fingerprint density at radius 1 is 1.00 bits per heavy atom. The predicted octanol–water partition coefficient (Wildman–Crippen LogP) is 5.03. The second-order valence-electron chi connectivity index (χ2n) is 10.7. The zero-order valence-electron chi connectivity index (χ0n) is 22.2. The van der Waals surface area contributed by atoms with E-state index < -0.39 is 11.7 Å². The highest BCUT2D eigenvalue weighted by Crippen LogP contribution is 2.33. The van der Waals surface area contributed by atoms with E-state index in [0.29, 0.717) is 29.1 Å². The molecule has 1 amide bonds. The monoisotopic (exact) mass is 517 g/mol. The van der Waals surface area contributed by atoms with E-state index in [-0.39, 0.29) is 12.3 Å². The summed E-state index contributed by atoms with van der Waals surface area (Å²) in [4.78, 5) is 30.9. The minimum atomic E-state index is -0.603. The first-order chi connectivity index (χ1) is 18.2. The van der Waals surface area contributed by atoms with Gasteiger partial charge in [0.15, 0.2) is 0 Å². The van der Waals surface area contributed by atoms with Gasteiger partial charge in [0.1, 0.15) is 11.4 Å². The normalized spacial score (nSPS) is 15.2. The van der Waals surface area contributed by atoms with Crippen molar-refractivity contribution in [3.05, 3.63) is 53.6 Å². The SMILES string of the molecule is CC(C)(C)OC(=O)NCc1cc(Nc2nc(N3CCCC3)nc(N3CCCc4ccccc43)n2)ccc1O. The van der Waals surface area contributed by atoms with Crippen molar-refractivity contribution in [1.82, 2.24) is 20.3 Å². The van der Waals surface area contributed by atoms with Crippen LogP contribution in [0.3, 0.4) is 0 Å². The number of alkyl carbamates (subject to hydrolysis) is 1. The van der Waals surface area contributed by atoms with E-state index >= 15 is 0 Å². The quantitative estimate of drug-likeness (QED) is 0.387. The maximum atomic E-state index is 12.1. The zero-order chi connectivity index (χ0) is 26.7. The van der Waals surface area contributed by atoms with Crippen LogP contribution in [0.1, 0.15) is 51.2 Å². The van der Waals surface area contributed by atoms with Gasteiger partial charge in [-0.25, -0.2) is 4.79 Å². The number of nitrogens with one attached hydrogen (secondary N) is 2. The number of ether oxygens (including phenoxy) is 1. The van der Waals surface area contributed by atoms with Gasteiger partial charge in [-0.3, -0.25) is 0 Å². The fourth-order valence-electron chi connectivity index (χ4n) is 4.75. The lowest BCUT2D eigenvalue weighted by Gasteiger charge is -2.30. The number of carbonyl (C=O) groups is 1. The number of fused-ring (bicyclic) bond motifs is 1. The van der Waals surface area contributed by atoms with Gasteiger partial charge in [0, 0.05) is 43.1 Å². The van der Waals surface area contributed by atoms with Gasteiger partial charge < -0.3 is 30.3 Å². The number of aromatic hydroxyl groups is 1. The molecule has 0 saturated carbocycles. The molecular weight excluding hydrogens is 482 g/mol. The molecule has 3 heterocycles. The predicted molar refractivity (Wildman–Crippen MR) is 148 cm³/mol. The summed E-state index contributed by atoms with van der Waals surface area (Å²) in [5, 5.41) is 16.4. The summed E-state index contributed by atoms with van der Waals surface area (Å²) in [7, 11) is 0. The van der Waals surface area contributed by atoms with Crippen LogP contribution in [-0.2, 0) is 17.7 Å². The van der Waals surface area contributed by atoms with Gasteiger partial charge in [0.2, 0.25) is 17.8 Å². The van der Waals surface area contributed by atoms with E-state index in [1.54, 1.807) is 39.0 Å². The summed E-state index contributed by atoms with van der Waals surface area (Å²) in [6.45, 7) is 8.18. The van der Waals surface area contributed by atoms with E-state index in [0.717, 1.165) is 51.0 Å². The Morgan fingerprint density at radius 3 is 2.55 bits per heavy atom. The lowest BCUT2D eigenvalue weighted by Crippen LogP contribution is -2.32. The molecule has 3 aromatic rings. The van der Waals surface area contributed by atoms with Crippen LogP contribution in [0.4, 0.5) is 34.0 Å². The molecule has 0 unspecified atom stereocenters. The van der Waals surface area contributed by atoms with E-state index in [2.05, 4.69) is 38.6 Å². The first-order valence-corrected chi connectivity index (χ1v) is 13.2. The molecule has 0 atom stereocenters. The number of rotatable bonds is 6. The molecule has 2 aromatic carbocycles. The summed E-state index contributed by atoms with van der Waals surface area (Å²) < 4.78 is 5.30. The summed E-state index contributed by atoms with van der Waals surface area (Å²) in [6.07, 6.45) is 3.74. The average molecular weight is 518 g/mol. The van der Waals surface area contributed by atoms with Gasteiger partial charge in [0.25, 0.3) is 0 Å². The van der Waals surface area contributed by atoms with Crippen LogP contribution in [0.15, 0.2) is 42.5 Å². The number of para-hydroxylation sites is 1. The molecule has 10 heteroatoms. The zero-order valence-corrected chi connectivity index (χ0v) is 22.2. The number of nitrogens with zero attached hydrogens (tertiary/aromatic N) is 5. The molecule has 10 nitrogen and oxygen atoms in total. The van der Waals surface area contributed by atoms with Crippen molar-refractivity contribution in [3.8, 4) is 5.75 Å². The molecule has 0 bridgehead atoms. The van der Waals surface area contributed by atoms with Gasteiger partial charge in [-0.15, -0.1) is 0 Å². The van der Waals surface area contributed by atoms with Crippen molar-refractivity contribution in [2.75, 3.05) is 34.8 Å². The number of carbonyl (C=O) groups excluding carboxylic acids is 1. The third kappa shape index (κ3) is 6.07. The third-order valence-corrected chi connectivity index (χ3v) is 6.51. The van der Waals surface area contributed by atoms with Crippen LogP contribution < -0.4 is 20.4 Å². The number of hydrogen-bond donors (Lipinski definition) is 3. The van der Waals surface area contributed by atoms with Crippen molar-refractivity contribution in [3.63, 3.8) is 0 Å². The lowest BCUT2D eigenvalue weighted by molar-refractivity contribution is 0.0523. The van der Waals surface area contributed by atoms with Crippen molar-refractivity contribution >= 4 is 35.3 Å². The standard InChI is InChI=1S/C28H35N7O3/c1-28(2,3)38-27(37)29-18-20-17-21(12-13-23(20)36)30-24-31-25(34-14-6-7-15-34)33-26(32-24)35-16-8-10-19-9-4-5-11-22(19)35/h4-5,9,11-13,17,36H,6-8,10,14-16,18H2,1-3H3,(H,29,37)(H,30,31,32,33). The molecule has 200 valence electrons. The number of aromatic nitrogens is 3. The number of benzene rings is 2. The molecule has 2 aliphatic heterocycles. The summed E-state index contributed by atoms with van der Waals surface area (Å²) in [6, 6.07) is 13.5. The fraction of sp³-hybridized carbons (Fsp3) is 0.429. The van der Waals surface area contributed by atoms with Crippen LogP contribution in [0.2, 0.25) is 0 Å². The average Bonchev–Trinajstić information content (AvgIpc) is 3.43. The Hall–Kier alpha value is -4.08. The molecule has 0 spiro atoms. The fourth-order valence-corrected chi connectivity index (χ4v) is 4.75. The highest BCUT2D eigenvalue weighted by molar-refractivity contribution is 5.68. The van der Waals surface area contributed by atoms with Crippen LogP contribution in [0.25, 0.3) is 0 Å². The van der Waals surface area contributed by atoms with Gasteiger partial charge in [-0.2, -0.15) is 15.0 Å². The van der Waals surface area contributed by atoms with Crippen molar-refractivity contribution in [2.24, 2.45) is 0 Å². The Morgan fingerprint density at radius 2 is 1.76 bits per heavy atom. The van der Waals surface area contributed by atoms with Gasteiger partial charge >= 0.3 is 6.09 Å². The first kappa shape index (κ1) is 25.6. The number of aryl methyl sites for hydroxylation is 1. The van der Waals surface area contributed by atoms with E-state index in [1.807, 2.05) is 6.07 Å². The van der Waals surface area contributed by atoms with E-state index in [1.165, 1.54) is 5.56 Å². The Kier molecular flexibility index (Phi) is 7.22. The number of anilines is 5. The second-order valence-corrected chi connectivity index (χ2v) is 10.7. The molecule has 0 radical (unpaired) electrons. The molecule has 1 fully saturated rings. The number of phenolic OH excluding ortho intramolecular Hbond substituents is 1. The van der Waals surface area contributed by atoms with Crippen molar-refractivity contribution in [2.45, 2.75) is 58.6 Å². The Bertz CT molecular complexity index is 1300. The molecule has 0 aliphatic carbocycles. The van der Waals surface area contributed by atoms with Crippen LogP contribution in [0, 0.1) is 0 Å². The summed E-state index contributed by atoms with van der Waals surface area (Å²) in [5.41, 5.74) is 3.04. The Balaban J connectivity index is 1.41. The first-order valence-electron chi connectivity index (χ1n) is 13.2. The molecule has 1 aromatic heterocycles. The molecule has 3 N–H and O–H groups in total. The largest absolute Gasteiger partial charge is 0.508 e. The lowest BCUT2D eigenvalue weighted by atomic mass is 10.0. The Labute approximate surface area is 223 Å². The summed E-state index contributed by atoms with van der Waals surface area (Å²) in [5.74, 6) is 1.77. The second kappa shape index (κ2) is 10.7. The van der Waals surface area contributed by atoms with Crippen LogP contribution in [0.5, 0.6) is 5.75 Å². The van der Waals surface area contributed by atoms with Crippen molar-refractivity contribution in [1.29, 1.82) is 0 Å². The maximum Gasteiger partial charge on any atom is 0.407 e. The van der Waals surface area contributed by atoms with Gasteiger partial charge in [-0.05, 0) is 76.3 Å².